The van der Waals surface area contributed by atoms with Crippen LogP contribution in [0.4, 0.5) is 4.39 Å². The summed E-state index contributed by atoms with van der Waals surface area (Å²) < 4.78 is 20.1. The van der Waals surface area contributed by atoms with Gasteiger partial charge in [-0.3, -0.25) is 4.79 Å². The van der Waals surface area contributed by atoms with Gasteiger partial charge in [0.1, 0.15) is 21.7 Å². The molecule has 1 N–H and O–H groups in total. The van der Waals surface area contributed by atoms with E-state index in [0.717, 1.165) is 5.56 Å². The summed E-state index contributed by atoms with van der Waals surface area (Å²) >= 11 is 6.15. The van der Waals surface area contributed by atoms with E-state index < -0.39 is 0 Å². The number of hydrogen-bond acceptors (Lipinski definition) is 4. The molecular formula is C16H12FNO2S2. The first-order valence-corrected chi connectivity index (χ1v) is 7.93. The van der Waals surface area contributed by atoms with Gasteiger partial charge in [-0.1, -0.05) is 43.0 Å². The van der Waals surface area contributed by atoms with Crippen molar-refractivity contribution >= 4 is 40.3 Å². The summed E-state index contributed by atoms with van der Waals surface area (Å²) in [4.78, 5) is 12.2. The van der Waals surface area contributed by atoms with Crippen molar-refractivity contribution in [3.05, 3.63) is 52.4 Å². The van der Waals surface area contributed by atoms with Gasteiger partial charge in [0, 0.05) is 6.08 Å². The van der Waals surface area contributed by atoms with Crippen molar-refractivity contribution in [1.82, 2.24) is 5.32 Å². The third-order valence-electron chi connectivity index (χ3n) is 3.27. The number of rotatable bonds is 3. The van der Waals surface area contributed by atoms with Gasteiger partial charge in [-0.25, -0.2) is 4.39 Å². The van der Waals surface area contributed by atoms with Gasteiger partial charge in [-0.05, 0) is 30.2 Å². The number of thiocarbonyl (C=S) groups is 1. The van der Waals surface area contributed by atoms with E-state index >= 15 is 0 Å². The summed E-state index contributed by atoms with van der Waals surface area (Å²) in [5, 5.41) is 2.56. The Morgan fingerprint density at radius 3 is 2.82 bits per heavy atom. The molecule has 112 valence electrons. The van der Waals surface area contributed by atoms with Crippen LogP contribution < -0.4 is 5.32 Å². The number of aryl methyl sites for hydroxylation is 1. The molecule has 2 heterocycles. The maximum Gasteiger partial charge on any atom is 0.263 e. The highest BCUT2D eigenvalue weighted by molar-refractivity contribution is 8.26. The fourth-order valence-electron chi connectivity index (χ4n) is 2.18. The number of thioether (sulfide) groups is 1. The van der Waals surface area contributed by atoms with Crippen LogP contribution in [0.15, 0.2) is 39.7 Å². The van der Waals surface area contributed by atoms with Crippen LogP contribution in [0.2, 0.25) is 0 Å². The number of amides is 1. The van der Waals surface area contributed by atoms with Crippen molar-refractivity contribution in [2.75, 3.05) is 0 Å². The van der Waals surface area contributed by atoms with Crippen LogP contribution in [-0.2, 0) is 11.2 Å². The SMILES string of the molecule is CCc1cc(-c2ccccc2F)oc1/C=C1\SC(=S)NC1=O. The predicted octanol–water partition coefficient (Wildman–Crippen LogP) is 4.14. The van der Waals surface area contributed by atoms with E-state index in [1.165, 1.54) is 17.8 Å². The van der Waals surface area contributed by atoms with E-state index in [2.05, 4.69) is 5.32 Å². The van der Waals surface area contributed by atoms with E-state index in [-0.39, 0.29) is 11.7 Å². The molecule has 0 atom stereocenters. The normalized spacial score (nSPS) is 16.4. The minimum absolute atomic E-state index is 0.235. The molecule has 0 spiro atoms. The first kappa shape index (κ1) is 15.0. The molecule has 0 radical (unpaired) electrons. The van der Waals surface area contributed by atoms with Gasteiger partial charge in [0.25, 0.3) is 5.91 Å². The average Bonchev–Trinajstić information content (AvgIpc) is 3.03. The zero-order valence-electron chi connectivity index (χ0n) is 11.7. The summed E-state index contributed by atoms with van der Waals surface area (Å²) in [5.74, 6) is 0.434. The van der Waals surface area contributed by atoms with Crippen LogP contribution in [-0.4, -0.2) is 10.2 Å². The van der Waals surface area contributed by atoms with Crippen LogP contribution in [0.25, 0.3) is 17.4 Å². The highest BCUT2D eigenvalue weighted by Gasteiger charge is 2.23. The van der Waals surface area contributed by atoms with Crippen LogP contribution in [0.3, 0.4) is 0 Å². The minimum Gasteiger partial charge on any atom is -0.456 e. The molecule has 0 bridgehead atoms. The van der Waals surface area contributed by atoms with Gasteiger partial charge in [0.2, 0.25) is 0 Å². The van der Waals surface area contributed by atoms with Gasteiger partial charge in [-0.15, -0.1) is 0 Å². The highest BCUT2D eigenvalue weighted by atomic mass is 32.2. The molecule has 1 saturated heterocycles. The Kier molecular flexibility index (Phi) is 4.13. The Hall–Kier alpha value is -1.92. The molecule has 1 aliphatic rings. The van der Waals surface area contributed by atoms with Crippen molar-refractivity contribution in [3.8, 4) is 11.3 Å². The Labute approximate surface area is 136 Å². The van der Waals surface area contributed by atoms with Gasteiger partial charge in [-0.2, -0.15) is 0 Å². The number of carbonyl (C=O) groups excluding carboxylic acids is 1. The molecule has 2 aromatic rings. The molecule has 6 heteroatoms. The summed E-state index contributed by atoms with van der Waals surface area (Å²) in [6.45, 7) is 1.98. The van der Waals surface area contributed by atoms with Crippen molar-refractivity contribution < 1.29 is 13.6 Å². The first-order chi connectivity index (χ1) is 10.6. The largest absolute Gasteiger partial charge is 0.456 e. The van der Waals surface area contributed by atoms with Gasteiger partial charge >= 0.3 is 0 Å². The molecule has 3 nitrogen and oxygen atoms in total. The molecule has 1 amide bonds. The Morgan fingerprint density at radius 1 is 1.41 bits per heavy atom. The lowest BCUT2D eigenvalue weighted by Gasteiger charge is -1.98. The van der Waals surface area contributed by atoms with Gasteiger partial charge < -0.3 is 9.73 Å². The van der Waals surface area contributed by atoms with Crippen molar-refractivity contribution in [2.24, 2.45) is 0 Å². The topological polar surface area (TPSA) is 42.2 Å². The van der Waals surface area contributed by atoms with Crippen molar-refractivity contribution in [2.45, 2.75) is 13.3 Å². The maximum absolute atomic E-state index is 13.9. The Morgan fingerprint density at radius 2 is 2.18 bits per heavy atom. The number of furan rings is 1. The lowest BCUT2D eigenvalue weighted by molar-refractivity contribution is -0.115. The summed E-state index contributed by atoms with van der Waals surface area (Å²) in [6, 6.07) is 8.24. The number of hydrogen-bond donors (Lipinski definition) is 1. The number of benzene rings is 1. The first-order valence-electron chi connectivity index (χ1n) is 6.71. The summed E-state index contributed by atoms with van der Waals surface area (Å²) in [5.41, 5.74) is 1.32. The molecule has 0 aliphatic carbocycles. The van der Waals surface area contributed by atoms with Crippen LogP contribution in [0.1, 0.15) is 18.2 Å². The second-order valence-corrected chi connectivity index (χ2v) is 6.40. The minimum atomic E-state index is -0.340. The lowest BCUT2D eigenvalue weighted by Crippen LogP contribution is -2.17. The number of nitrogens with one attached hydrogen (secondary N) is 1. The molecule has 3 rings (SSSR count). The summed E-state index contributed by atoms with van der Waals surface area (Å²) in [7, 11) is 0. The Balaban J connectivity index is 2.03. The van der Waals surface area contributed by atoms with Gasteiger partial charge in [0.05, 0.1) is 10.5 Å². The third kappa shape index (κ3) is 2.84. The molecule has 1 aromatic carbocycles. The fourth-order valence-corrected chi connectivity index (χ4v) is 3.19. The lowest BCUT2D eigenvalue weighted by atomic mass is 10.1. The van der Waals surface area contributed by atoms with E-state index in [9.17, 15) is 9.18 Å². The number of halogens is 1. The maximum atomic E-state index is 13.9. The van der Waals surface area contributed by atoms with E-state index in [1.54, 1.807) is 30.3 Å². The molecule has 1 fully saturated rings. The van der Waals surface area contributed by atoms with E-state index in [1.807, 2.05) is 6.92 Å². The fraction of sp³-hybridized carbons (Fsp3) is 0.125. The standard InChI is InChI=1S/C16H12FNO2S2/c1-2-9-7-13(10-5-3-4-6-11(10)17)20-12(9)8-14-15(19)18-16(21)22-14/h3-8H,2H2,1H3,(H,18,19,21)/b14-8-. The zero-order chi connectivity index (χ0) is 15.7. The van der Waals surface area contributed by atoms with Crippen molar-refractivity contribution in [3.63, 3.8) is 0 Å². The molecule has 1 aliphatic heterocycles. The average molecular weight is 333 g/mol. The van der Waals surface area contributed by atoms with Crippen LogP contribution in [0.5, 0.6) is 0 Å². The quantitative estimate of drug-likeness (QED) is 0.677. The molecule has 0 unspecified atom stereocenters. The third-order valence-corrected chi connectivity index (χ3v) is 4.43. The van der Waals surface area contributed by atoms with E-state index in [0.29, 0.717) is 32.7 Å². The van der Waals surface area contributed by atoms with Crippen molar-refractivity contribution in [1.29, 1.82) is 0 Å². The molecule has 0 saturated carbocycles. The second kappa shape index (κ2) is 6.06. The molecule has 22 heavy (non-hydrogen) atoms. The predicted molar refractivity (Wildman–Crippen MR) is 89.8 cm³/mol. The number of carbonyl (C=O) groups is 1. The Bertz CT molecular complexity index is 795. The van der Waals surface area contributed by atoms with Gasteiger partial charge in [0.15, 0.2) is 0 Å². The van der Waals surface area contributed by atoms with Crippen LogP contribution in [0, 0.1) is 5.82 Å². The smallest absolute Gasteiger partial charge is 0.263 e. The second-order valence-electron chi connectivity index (χ2n) is 4.69. The molecule has 1 aromatic heterocycles. The highest BCUT2D eigenvalue weighted by Crippen LogP contribution is 2.32. The van der Waals surface area contributed by atoms with E-state index in [4.69, 9.17) is 16.6 Å². The molecular weight excluding hydrogens is 321 g/mol. The zero-order valence-corrected chi connectivity index (χ0v) is 13.3. The monoisotopic (exact) mass is 333 g/mol. The summed E-state index contributed by atoms with van der Waals surface area (Å²) in [6.07, 6.45) is 2.37. The van der Waals surface area contributed by atoms with Crippen LogP contribution >= 0.6 is 24.0 Å².